The van der Waals surface area contributed by atoms with E-state index >= 15 is 0 Å². The molecule has 21 heavy (non-hydrogen) atoms. The molecule has 126 valence electrons. The van der Waals surface area contributed by atoms with Crippen LogP contribution in [0.15, 0.2) is 0 Å². The Hall–Kier alpha value is 0.359. The molecule has 12 heteroatoms. The van der Waals surface area contributed by atoms with E-state index in [1.165, 1.54) is 0 Å². The summed E-state index contributed by atoms with van der Waals surface area (Å²) >= 11 is 0. The summed E-state index contributed by atoms with van der Waals surface area (Å²) in [6.07, 6.45) is 0. The molecule has 0 aromatic carbocycles. The zero-order valence-electron chi connectivity index (χ0n) is 12.5. The smallest absolute Gasteiger partial charge is 0 e. The molecule has 9 nitrogen and oxygen atoms in total. The minimum atomic E-state index is -1.36. The molecule has 0 bridgehead atoms. The van der Waals surface area contributed by atoms with Gasteiger partial charge < -0.3 is 0 Å². The van der Waals surface area contributed by atoms with E-state index < -0.39 is 17.2 Å². The first-order valence-electron chi connectivity index (χ1n) is 4.29. The summed E-state index contributed by atoms with van der Waals surface area (Å²) in [7, 11) is 6.62. The molecule has 0 saturated carbocycles. The van der Waals surface area contributed by atoms with Gasteiger partial charge in [-0.3, -0.25) is 0 Å². The molecule has 0 heterocycles. The van der Waals surface area contributed by atoms with Crippen molar-refractivity contribution in [3.8, 4) is 0 Å². The molecule has 0 unspecified atom stereocenters. The Labute approximate surface area is 138 Å². The summed E-state index contributed by atoms with van der Waals surface area (Å²) in [5, 5.41) is 0. The molecule has 0 aliphatic carbocycles. The van der Waals surface area contributed by atoms with Gasteiger partial charge >= 0.3 is 51.1 Å². The minimum absolute atomic E-state index is 0. The molecule has 0 aliphatic rings. The third-order valence-corrected chi connectivity index (χ3v) is 3.00. The van der Waals surface area contributed by atoms with Gasteiger partial charge in [0, 0.05) is 17.1 Å². The maximum absolute atomic E-state index is 7.50. The Morgan fingerprint density at radius 2 is 0.571 bits per heavy atom. The second-order valence-electron chi connectivity index (χ2n) is 1.72. The van der Waals surface area contributed by atoms with Crippen molar-refractivity contribution in [2.45, 2.75) is 0 Å². The van der Waals surface area contributed by atoms with Gasteiger partial charge in [0.25, 0.3) is 0 Å². The van der Waals surface area contributed by atoms with Gasteiger partial charge in [-0.1, -0.05) is 0 Å². The van der Waals surface area contributed by atoms with Crippen LogP contribution in [0.4, 0.5) is 0 Å². The molecular formula is C9H20FeO9P2+2. The van der Waals surface area contributed by atoms with Crippen molar-refractivity contribution < 1.29 is 58.2 Å². The molecule has 0 aromatic rings. The first-order chi connectivity index (χ1) is 9.69. The molecule has 0 atom stereocenters. The summed E-state index contributed by atoms with van der Waals surface area (Å²) in [5.74, 6) is 0. The monoisotopic (exact) mass is 390 g/mol. The van der Waals surface area contributed by atoms with E-state index in [1.54, 1.807) is 42.7 Å². The Balaban J connectivity index is -0.0000000381. The van der Waals surface area contributed by atoms with E-state index in [0.29, 0.717) is 0 Å². The van der Waals surface area contributed by atoms with Crippen LogP contribution in [0.1, 0.15) is 0 Å². The summed E-state index contributed by atoms with van der Waals surface area (Å²) in [5.41, 5.74) is 0. The van der Waals surface area contributed by atoms with Gasteiger partial charge in [-0.2, -0.15) is 27.1 Å². The van der Waals surface area contributed by atoms with Gasteiger partial charge in [0.05, 0.1) is 42.7 Å². The average molecular weight is 390 g/mol. The van der Waals surface area contributed by atoms with E-state index in [-0.39, 0.29) is 17.1 Å². The fraction of sp³-hybridized carbons (Fsp3) is 0.667. The molecule has 0 aromatic heterocycles. The standard InChI is InChI=1S/2C3H10O3P.3CO.Fe/c2*1-4-7(5-2)6-3;3*1-2;/h2*7H,1-3H3;;;;/q2*+1;;;;. The quantitative estimate of drug-likeness (QED) is 0.295. The summed E-state index contributed by atoms with van der Waals surface area (Å²) in [4.78, 5) is 0. The van der Waals surface area contributed by atoms with Crippen molar-refractivity contribution in [1.29, 1.82) is 0 Å². The largest absolute Gasteiger partial charge is 0 e. The Bertz CT molecular complexity index is 158. The minimum Gasteiger partial charge on any atom is 0 e. The molecule has 0 radical (unpaired) electrons. The van der Waals surface area contributed by atoms with E-state index in [2.05, 4.69) is 20.0 Å². The first kappa shape index (κ1) is 37.5. The van der Waals surface area contributed by atoms with Crippen LogP contribution in [0.25, 0.3) is 0 Å². The van der Waals surface area contributed by atoms with Crippen LogP contribution in [0.2, 0.25) is 0 Å². The van der Waals surface area contributed by atoms with Gasteiger partial charge in [-0.05, 0) is 0 Å². The average Bonchev–Trinajstić information content (AvgIpc) is 2.57. The van der Waals surface area contributed by atoms with E-state index in [9.17, 15) is 0 Å². The van der Waals surface area contributed by atoms with Crippen LogP contribution < -0.4 is 0 Å². The van der Waals surface area contributed by atoms with Crippen LogP contribution in [0, 0.1) is 20.0 Å². The second-order valence-corrected chi connectivity index (χ2v) is 5.17. The Morgan fingerprint density at radius 1 is 0.476 bits per heavy atom. The normalized spacial score (nSPS) is 7.14. The van der Waals surface area contributed by atoms with E-state index in [1.807, 2.05) is 0 Å². The molecule has 0 N–H and O–H groups in total. The molecule has 0 amide bonds. The van der Waals surface area contributed by atoms with Gasteiger partial charge in [0.2, 0.25) is 0 Å². The fourth-order valence-corrected chi connectivity index (χ4v) is 1.50. The second kappa shape index (κ2) is 50.0. The fourth-order valence-electron chi connectivity index (χ4n) is 0.500. The number of rotatable bonds is 6. The van der Waals surface area contributed by atoms with Crippen molar-refractivity contribution in [3.63, 3.8) is 0 Å². The number of hydrogen-bond acceptors (Lipinski definition) is 6. The molecule has 0 rings (SSSR count). The van der Waals surface area contributed by atoms with Crippen molar-refractivity contribution in [2.24, 2.45) is 0 Å². The Kier molecular flexibility index (Phi) is 89.3. The van der Waals surface area contributed by atoms with E-state index in [4.69, 9.17) is 41.1 Å². The maximum atomic E-state index is 7.50. The predicted molar refractivity (Wildman–Crippen MR) is 70.5 cm³/mol. The molecule has 0 saturated heterocycles. The Morgan fingerprint density at radius 3 is 0.571 bits per heavy atom. The third-order valence-electron chi connectivity index (χ3n) is 1.00. The first-order valence-corrected chi connectivity index (χ1v) is 6.74. The SMILES string of the molecule is CO[PH+](OC)OC.CO[PH+](OC)OC.[C-]#[O+].[C-]#[O+].[C-]#[O+].[Fe]. The zero-order chi connectivity index (χ0) is 17.4. The molecule has 0 fully saturated rings. The molecule has 0 aliphatic heterocycles. The van der Waals surface area contributed by atoms with Crippen LogP contribution in [0.5, 0.6) is 0 Å². The molecular weight excluding hydrogens is 370 g/mol. The van der Waals surface area contributed by atoms with Crippen molar-refractivity contribution in [3.05, 3.63) is 20.0 Å². The molecule has 0 spiro atoms. The van der Waals surface area contributed by atoms with Crippen LogP contribution in [0.3, 0.4) is 0 Å². The van der Waals surface area contributed by atoms with Gasteiger partial charge in [0.1, 0.15) is 0 Å². The number of hydrogen-bond donors (Lipinski definition) is 0. The van der Waals surface area contributed by atoms with Crippen LogP contribution >= 0.6 is 17.2 Å². The van der Waals surface area contributed by atoms with Crippen LogP contribution in [-0.2, 0) is 58.2 Å². The summed E-state index contributed by atoms with van der Waals surface area (Å²) in [6, 6.07) is 0. The predicted octanol–water partition coefficient (Wildman–Crippen LogP) is 1.65. The maximum Gasteiger partial charge on any atom is 0 e. The summed E-state index contributed by atoms with van der Waals surface area (Å²) in [6.45, 7) is 13.5. The summed E-state index contributed by atoms with van der Waals surface area (Å²) < 4.78 is 50.7. The van der Waals surface area contributed by atoms with Crippen molar-refractivity contribution in [1.82, 2.24) is 0 Å². The van der Waals surface area contributed by atoms with E-state index in [0.717, 1.165) is 0 Å². The third kappa shape index (κ3) is 44.9. The van der Waals surface area contributed by atoms with Crippen LogP contribution in [-0.4, -0.2) is 42.7 Å². The van der Waals surface area contributed by atoms with Gasteiger partial charge in [-0.15, -0.1) is 0 Å². The zero-order valence-corrected chi connectivity index (χ0v) is 15.6. The van der Waals surface area contributed by atoms with Gasteiger partial charge in [-0.25, -0.2) is 0 Å². The van der Waals surface area contributed by atoms with Gasteiger partial charge in [0.15, 0.2) is 0 Å². The van der Waals surface area contributed by atoms with Crippen molar-refractivity contribution in [2.75, 3.05) is 42.7 Å². The topological polar surface area (TPSA) is 115 Å². The van der Waals surface area contributed by atoms with Crippen molar-refractivity contribution >= 4 is 17.2 Å².